The number of hydrogen-bond acceptors (Lipinski definition) is 4. The highest BCUT2D eigenvalue weighted by Crippen LogP contribution is 2.32. The summed E-state index contributed by atoms with van der Waals surface area (Å²) in [6.07, 6.45) is 2.62. The highest BCUT2D eigenvalue weighted by atomic mass is 35.5. The summed E-state index contributed by atoms with van der Waals surface area (Å²) >= 11 is 24.7. The number of hydrogen-bond donors (Lipinski definition) is 0. The van der Waals surface area contributed by atoms with Gasteiger partial charge in [-0.3, -0.25) is 9.69 Å². The van der Waals surface area contributed by atoms with E-state index < -0.39 is 10.0 Å². The van der Waals surface area contributed by atoms with Crippen molar-refractivity contribution in [2.75, 3.05) is 39.3 Å². The van der Waals surface area contributed by atoms with Gasteiger partial charge in [0.15, 0.2) is 0 Å². The Balaban J connectivity index is 1.47. The third kappa shape index (κ3) is 5.67. The largest absolute Gasteiger partial charge is 0.336 e. The van der Waals surface area contributed by atoms with Crippen molar-refractivity contribution in [3.63, 3.8) is 0 Å². The molecule has 4 rings (SSSR count). The van der Waals surface area contributed by atoms with Gasteiger partial charge in [-0.25, -0.2) is 8.42 Å². The molecule has 2 aromatic carbocycles. The predicted molar refractivity (Wildman–Crippen MR) is 137 cm³/mol. The molecule has 2 fully saturated rings. The van der Waals surface area contributed by atoms with E-state index in [4.69, 9.17) is 46.4 Å². The van der Waals surface area contributed by atoms with E-state index >= 15 is 0 Å². The average molecular weight is 565 g/mol. The van der Waals surface area contributed by atoms with Crippen molar-refractivity contribution in [2.45, 2.75) is 30.7 Å². The molecule has 1 amide bonds. The molecule has 0 unspecified atom stereocenters. The lowest BCUT2D eigenvalue weighted by Gasteiger charge is -2.35. The fraction of sp³-hybridized carbons (Fsp3) is 0.435. The standard InChI is InChI=1S/C23H25Cl4N3O3S/c24-18-5-4-16(12-20(18)26)15-28-8-10-29(11-9-28)23(31)17-13-22(21(27)14-19(17)25)34(32,33)30-6-2-1-3-7-30/h4-5,12-14H,1-3,6-11,15H2. The zero-order valence-electron chi connectivity index (χ0n) is 18.4. The van der Waals surface area contributed by atoms with E-state index in [1.165, 1.54) is 16.4 Å². The lowest BCUT2D eigenvalue weighted by molar-refractivity contribution is 0.0628. The Hall–Kier alpha value is -1.06. The van der Waals surface area contributed by atoms with Crippen LogP contribution in [0.1, 0.15) is 35.2 Å². The second-order valence-electron chi connectivity index (χ2n) is 8.54. The zero-order valence-corrected chi connectivity index (χ0v) is 22.3. The molecule has 6 nitrogen and oxygen atoms in total. The van der Waals surface area contributed by atoms with Crippen LogP contribution in [0.15, 0.2) is 35.2 Å². The minimum absolute atomic E-state index is 0.0265. The number of carbonyl (C=O) groups excluding carboxylic acids is 1. The molecule has 0 radical (unpaired) electrons. The molecule has 2 aliphatic heterocycles. The summed E-state index contributed by atoms with van der Waals surface area (Å²) in [6, 6.07) is 8.24. The van der Waals surface area contributed by atoms with Crippen molar-refractivity contribution < 1.29 is 13.2 Å². The highest BCUT2D eigenvalue weighted by Gasteiger charge is 2.31. The fourth-order valence-corrected chi connectivity index (χ4v) is 6.98. The van der Waals surface area contributed by atoms with Crippen LogP contribution in [0.4, 0.5) is 0 Å². The van der Waals surface area contributed by atoms with Gasteiger partial charge in [0, 0.05) is 45.8 Å². The molecule has 34 heavy (non-hydrogen) atoms. The first-order valence-corrected chi connectivity index (χ1v) is 14.1. The van der Waals surface area contributed by atoms with Crippen molar-refractivity contribution >= 4 is 62.3 Å². The topological polar surface area (TPSA) is 60.9 Å². The van der Waals surface area contributed by atoms with Crippen LogP contribution < -0.4 is 0 Å². The maximum atomic E-state index is 13.3. The minimum atomic E-state index is -3.80. The number of carbonyl (C=O) groups is 1. The first kappa shape index (κ1) is 26.0. The molecule has 184 valence electrons. The zero-order chi connectivity index (χ0) is 24.5. The van der Waals surface area contributed by atoms with Gasteiger partial charge >= 0.3 is 0 Å². The van der Waals surface area contributed by atoms with Gasteiger partial charge in [0.05, 0.1) is 25.7 Å². The summed E-state index contributed by atoms with van der Waals surface area (Å²) < 4.78 is 27.8. The first-order valence-electron chi connectivity index (χ1n) is 11.1. The Labute approximate surface area is 220 Å². The smallest absolute Gasteiger partial charge is 0.255 e. The van der Waals surface area contributed by atoms with E-state index in [-0.39, 0.29) is 26.4 Å². The van der Waals surface area contributed by atoms with Gasteiger partial charge in [0.25, 0.3) is 5.91 Å². The molecule has 0 spiro atoms. The van der Waals surface area contributed by atoms with Crippen molar-refractivity contribution in [2.24, 2.45) is 0 Å². The van der Waals surface area contributed by atoms with Crippen molar-refractivity contribution in [1.29, 1.82) is 0 Å². The molecule has 0 aliphatic carbocycles. The fourth-order valence-electron chi connectivity index (χ4n) is 4.31. The molecule has 0 atom stereocenters. The summed E-state index contributed by atoms with van der Waals surface area (Å²) in [4.78, 5) is 17.1. The average Bonchev–Trinajstić information content (AvgIpc) is 2.82. The van der Waals surface area contributed by atoms with Gasteiger partial charge in [-0.05, 0) is 42.7 Å². The molecule has 0 N–H and O–H groups in total. The number of piperidine rings is 1. The van der Waals surface area contributed by atoms with Crippen LogP contribution in [0.5, 0.6) is 0 Å². The van der Waals surface area contributed by atoms with Crippen LogP contribution in [-0.2, 0) is 16.6 Å². The number of halogens is 4. The van der Waals surface area contributed by atoms with Crippen LogP contribution in [0, 0.1) is 0 Å². The molecule has 0 saturated carbocycles. The van der Waals surface area contributed by atoms with Crippen molar-refractivity contribution in [3.05, 3.63) is 61.5 Å². The van der Waals surface area contributed by atoms with Crippen molar-refractivity contribution in [3.8, 4) is 0 Å². The second kappa shape index (κ2) is 10.9. The monoisotopic (exact) mass is 563 g/mol. The SMILES string of the molecule is O=C(c1cc(S(=O)(=O)N2CCCCC2)c(Cl)cc1Cl)N1CCN(Cc2ccc(Cl)c(Cl)c2)CC1. The highest BCUT2D eigenvalue weighted by molar-refractivity contribution is 7.89. The molecule has 2 saturated heterocycles. The molecule has 0 aromatic heterocycles. The van der Waals surface area contributed by atoms with Crippen LogP contribution in [0.2, 0.25) is 20.1 Å². The van der Waals surface area contributed by atoms with E-state index in [1.54, 1.807) is 11.0 Å². The maximum Gasteiger partial charge on any atom is 0.255 e. The van der Waals surface area contributed by atoms with E-state index in [0.29, 0.717) is 55.9 Å². The molecule has 2 aromatic rings. The Kier molecular flexibility index (Phi) is 8.35. The Bertz CT molecular complexity index is 1180. The number of amides is 1. The quantitative estimate of drug-likeness (QED) is 0.485. The number of benzene rings is 2. The van der Waals surface area contributed by atoms with Crippen molar-refractivity contribution in [1.82, 2.24) is 14.1 Å². The summed E-state index contributed by atoms with van der Waals surface area (Å²) in [5, 5.41) is 1.20. The molecule has 11 heteroatoms. The summed E-state index contributed by atoms with van der Waals surface area (Å²) in [7, 11) is -3.80. The molecule has 2 heterocycles. The van der Waals surface area contributed by atoms with Gasteiger partial charge in [-0.1, -0.05) is 58.9 Å². The number of rotatable bonds is 5. The predicted octanol–water partition coefficient (Wildman–Crippen LogP) is 5.43. The summed E-state index contributed by atoms with van der Waals surface area (Å²) in [5.74, 6) is -0.300. The van der Waals surface area contributed by atoms with Crippen LogP contribution >= 0.6 is 46.4 Å². The molecule has 2 aliphatic rings. The number of sulfonamides is 1. The second-order valence-corrected chi connectivity index (χ2v) is 12.1. The Morgan fingerprint density at radius 1 is 0.765 bits per heavy atom. The maximum absolute atomic E-state index is 13.3. The number of piperazine rings is 1. The third-order valence-corrected chi connectivity index (χ3v) is 9.65. The van der Waals surface area contributed by atoms with Gasteiger partial charge in [-0.15, -0.1) is 0 Å². The Morgan fingerprint density at radius 2 is 1.44 bits per heavy atom. The molecule has 0 bridgehead atoms. The van der Waals surface area contributed by atoms with E-state index in [0.717, 1.165) is 24.8 Å². The van der Waals surface area contributed by atoms with E-state index in [9.17, 15) is 13.2 Å². The van der Waals surface area contributed by atoms with E-state index in [1.807, 2.05) is 12.1 Å². The van der Waals surface area contributed by atoms with Gasteiger partial charge in [-0.2, -0.15) is 4.31 Å². The normalized spacial score (nSPS) is 18.3. The summed E-state index contributed by atoms with van der Waals surface area (Å²) in [6.45, 7) is 3.91. The lowest BCUT2D eigenvalue weighted by atomic mass is 10.1. The molecular formula is C23H25Cl4N3O3S. The lowest BCUT2D eigenvalue weighted by Crippen LogP contribution is -2.48. The van der Waals surface area contributed by atoms with Gasteiger partial charge in [0.1, 0.15) is 4.90 Å². The van der Waals surface area contributed by atoms with E-state index in [2.05, 4.69) is 4.90 Å². The van der Waals surface area contributed by atoms with Gasteiger partial charge < -0.3 is 4.90 Å². The van der Waals surface area contributed by atoms with Crippen LogP contribution in [-0.4, -0.2) is 67.7 Å². The Morgan fingerprint density at radius 3 is 2.09 bits per heavy atom. The third-order valence-electron chi connectivity index (χ3n) is 6.23. The molecular weight excluding hydrogens is 540 g/mol. The number of nitrogens with zero attached hydrogens (tertiary/aromatic N) is 3. The summed E-state index contributed by atoms with van der Waals surface area (Å²) in [5.41, 5.74) is 1.20. The van der Waals surface area contributed by atoms with Crippen LogP contribution in [0.25, 0.3) is 0 Å². The minimum Gasteiger partial charge on any atom is -0.336 e. The van der Waals surface area contributed by atoms with Gasteiger partial charge in [0.2, 0.25) is 10.0 Å². The van der Waals surface area contributed by atoms with Crippen LogP contribution in [0.3, 0.4) is 0 Å². The first-order chi connectivity index (χ1) is 16.2.